The molecule has 1 aromatic rings. The number of hydrogen-bond donors (Lipinski definition) is 0. The van der Waals surface area contributed by atoms with Crippen molar-refractivity contribution in [3.8, 4) is 0 Å². The molecule has 0 N–H and O–H groups in total. The van der Waals surface area contributed by atoms with E-state index in [2.05, 4.69) is 65.5 Å². The van der Waals surface area contributed by atoms with Gasteiger partial charge in [0.2, 0.25) is 0 Å². The van der Waals surface area contributed by atoms with Gasteiger partial charge in [-0.3, -0.25) is 0 Å². The summed E-state index contributed by atoms with van der Waals surface area (Å²) in [6.45, 7) is 14.9. The van der Waals surface area contributed by atoms with E-state index >= 15 is 0 Å². The van der Waals surface area contributed by atoms with Crippen LogP contribution < -0.4 is 0 Å². The first-order valence-corrected chi connectivity index (χ1v) is 7.16. The highest BCUT2D eigenvalue weighted by Crippen LogP contribution is 2.40. The van der Waals surface area contributed by atoms with E-state index in [0.717, 1.165) is 12.8 Å². The van der Waals surface area contributed by atoms with Gasteiger partial charge in [-0.05, 0) is 30.7 Å². The lowest BCUT2D eigenvalue weighted by molar-refractivity contribution is -0.126. The third-order valence-corrected chi connectivity index (χ3v) is 3.62. The first kappa shape index (κ1) is 16.0. The molecular formula is C18H28O. The molecule has 0 amide bonds. The Kier molecular flexibility index (Phi) is 5.37. The van der Waals surface area contributed by atoms with Gasteiger partial charge in [-0.2, -0.15) is 0 Å². The van der Waals surface area contributed by atoms with Crippen LogP contribution in [0.3, 0.4) is 0 Å². The van der Waals surface area contributed by atoms with Crippen molar-refractivity contribution in [2.24, 2.45) is 5.41 Å². The van der Waals surface area contributed by atoms with Crippen molar-refractivity contribution >= 4 is 0 Å². The molecule has 0 unspecified atom stereocenters. The molecule has 1 heteroatoms. The van der Waals surface area contributed by atoms with Crippen LogP contribution in [0.2, 0.25) is 0 Å². The highest BCUT2D eigenvalue weighted by molar-refractivity contribution is 5.19. The molecule has 19 heavy (non-hydrogen) atoms. The summed E-state index contributed by atoms with van der Waals surface area (Å²) in [5.74, 6) is 0. The molecule has 0 bridgehead atoms. The molecule has 0 spiro atoms. The van der Waals surface area contributed by atoms with Gasteiger partial charge >= 0.3 is 0 Å². The molecule has 1 aromatic carbocycles. The fourth-order valence-corrected chi connectivity index (χ4v) is 2.24. The fourth-order valence-electron chi connectivity index (χ4n) is 2.24. The van der Waals surface area contributed by atoms with Crippen molar-refractivity contribution < 1.29 is 4.74 Å². The fraction of sp³-hybridized carbons (Fsp3) is 0.556. The average Bonchev–Trinajstić information content (AvgIpc) is 2.36. The van der Waals surface area contributed by atoms with E-state index in [1.54, 1.807) is 0 Å². The largest absolute Gasteiger partial charge is 0.367 e. The minimum Gasteiger partial charge on any atom is -0.367 e. The van der Waals surface area contributed by atoms with Gasteiger partial charge in [-0.15, -0.1) is 6.58 Å². The topological polar surface area (TPSA) is 9.23 Å². The lowest BCUT2D eigenvalue weighted by atomic mass is 9.83. The molecule has 0 aliphatic carbocycles. The summed E-state index contributed by atoms with van der Waals surface area (Å²) in [5, 5.41) is 0. The van der Waals surface area contributed by atoms with Crippen molar-refractivity contribution in [3.05, 3.63) is 48.6 Å². The van der Waals surface area contributed by atoms with Crippen LogP contribution in [0, 0.1) is 5.41 Å². The van der Waals surface area contributed by atoms with Gasteiger partial charge in [0.25, 0.3) is 0 Å². The normalized spacial score (nSPS) is 16.7. The lowest BCUT2D eigenvalue weighted by Gasteiger charge is -2.39. The predicted molar refractivity (Wildman–Crippen MR) is 83.2 cm³/mol. The van der Waals surface area contributed by atoms with Gasteiger partial charge in [0, 0.05) is 0 Å². The summed E-state index contributed by atoms with van der Waals surface area (Å²) in [5.41, 5.74) is 1.17. The zero-order valence-electron chi connectivity index (χ0n) is 13.1. The van der Waals surface area contributed by atoms with Gasteiger partial charge in [0.1, 0.15) is 0 Å². The van der Waals surface area contributed by atoms with Gasteiger partial charge in [0.15, 0.2) is 0 Å². The van der Waals surface area contributed by atoms with E-state index in [4.69, 9.17) is 4.74 Å². The summed E-state index contributed by atoms with van der Waals surface area (Å²) in [4.78, 5) is 0. The van der Waals surface area contributed by atoms with E-state index in [-0.39, 0.29) is 17.1 Å². The standard InChI is InChI=1S/C18H28O/c1-7-14-18(6,8-2)19-16(17(3,4)5)15-12-10-9-11-13-15/h7,9-13,16H,1,8,14H2,2-6H3/t16-,18+/m1/s1. The highest BCUT2D eigenvalue weighted by atomic mass is 16.5. The Bertz CT molecular complexity index is 388. The van der Waals surface area contributed by atoms with E-state index in [0.29, 0.717) is 0 Å². The van der Waals surface area contributed by atoms with E-state index in [9.17, 15) is 0 Å². The third-order valence-electron chi connectivity index (χ3n) is 3.62. The quantitative estimate of drug-likeness (QED) is 0.611. The van der Waals surface area contributed by atoms with Crippen LogP contribution >= 0.6 is 0 Å². The summed E-state index contributed by atoms with van der Waals surface area (Å²) in [7, 11) is 0. The molecule has 1 rings (SSSR count). The van der Waals surface area contributed by atoms with Crippen LogP contribution in [-0.2, 0) is 4.74 Å². The SMILES string of the molecule is C=CC[C@](C)(CC)O[C@H](c1ccccc1)C(C)(C)C. The monoisotopic (exact) mass is 260 g/mol. The Hall–Kier alpha value is -1.08. The van der Waals surface area contributed by atoms with Crippen molar-refractivity contribution in [2.75, 3.05) is 0 Å². The van der Waals surface area contributed by atoms with Crippen LogP contribution in [0.4, 0.5) is 0 Å². The molecule has 0 saturated heterocycles. The van der Waals surface area contributed by atoms with Crippen LogP contribution in [0.25, 0.3) is 0 Å². The summed E-state index contributed by atoms with van der Waals surface area (Å²) in [6.07, 6.45) is 3.91. The molecule has 106 valence electrons. The van der Waals surface area contributed by atoms with Crippen LogP contribution in [0.1, 0.15) is 59.1 Å². The van der Waals surface area contributed by atoms with Gasteiger partial charge in [0.05, 0.1) is 11.7 Å². The van der Waals surface area contributed by atoms with E-state index < -0.39 is 0 Å². The molecule has 0 radical (unpaired) electrons. The van der Waals surface area contributed by atoms with Gasteiger partial charge in [-0.1, -0.05) is 64.1 Å². The molecule has 0 aliphatic rings. The highest BCUT2D eigenvalue weighted by Gasteiger charge is 2.33. The summed E-state index contributed by atoms with van der Waals surface area (Å²) >= 11 is 0. The maximum absolute atomic E-state index is 6.51. The lowest BCUT2D eigenvalue weighted by Crippen LogP contribution is -2.34. The summed E-state index contributed by atoms with van der Waals surface area (Å²) in [6, 6.07) is 10.5. The molecular weight excluding hydrogens is 232 g/mol. The molecule has 0 saturated carbocycles. The van der Waals surface area contributed by atoms with Crippen LogP contribution in [0.5, 0.6) is 0 Å². The van der Waals surface area contributed by atoms with E-state index in [1.807, 2.05) is 12.1 Å². The smallest absolute Gasteiger partial charge is 0.0880 e. The molecule has 2 atom stereocenters. The maximum Gasteiger partial charge on any atom is 0.0880 e. The van der Waals surface area contributed by atoms with Crippen LogP contribution in [-0.4, -0.2) is 5.60 Å². The Labute approximate surface area is 118 Å². The number of hydrogen-bond acceptors (Lipinski definition) is 1. The van der Waals surface area contributed by atoms with Crippen LogP contribution in [0.15, 0.2) is 43.0 Å². The molecule has 1 nitrogen and oxygen atoms in total. The number of benzene rings is 1. The second-order valence-electron chi connectivity index (χ2n) is 6.57. The zero-order valence-corrected chi connectivity index (χ0v) is 13.1. The van der Waals surface area contributed by atoms with Crippen molar-refractivity contribution in [3.63, 3.8) is 0 Å². The number of rotatable bonds is 6. The Morgan fingerprint density at radius 2 is 1.74 bits per heavy atom. The minimum atomic E-state index is -0.143. The van der Waals surface area contributed by atoms with Gasteiger partial charge in [-0.25, -0.2) is 0 Å². The minimum absolute atomic E-state index is 0.0684. The zero-order chi connectivity index (χ0) is 14.5. The third kappa shape index (κ3) is 4.50. The first-order chi connectivity index (χ1) is 8.82. The second kappa shape index (κ2) is 6.38. The van der Waals surface area contributed by atoms with Crippen molar-refractivity contribution in [2.45, 2.75) is 59.2 Å². The Balaban J connectivity index is 3.03. The average molecular weight is 260 g/mol. The second-order valence-corrected chi connectivity index (χ2v) is 6.57. The van der Waals surface area contributed by atoms with E-state index in [1.165, 1.54) is 5.56 Å². The Morgan fingerprint density at radius 3 is 2.16 bits per heavy atom. The molecule has 0 fully saturated rings. The first-order valence-electron chi connectivity index (χ1n) is 7.16. The predicted octanol–water partition coefficient (Wildman–Crippen LogP) is 5.54. The van der Waals surface area contributed by atoms with Crippen molar-refractivity contribution in [1.82, 2.24) is 0 Å². The molecule has 0 heterocycles. The summed E-state index contributed by atoms with van der Waals surface area (Å²) < 4.78 is 6.51. The molecule has 0 aromatic heterocycles. The number of ether oxygens (including phenoxy) is 1. The molecule has 0 aliphatic heterocycles. The van der Waals surface area contributed by atoms with Crippen molar-refractivity contribution in [1.29, 1.82) is 0 Å². The van der Waals surface area contributed by atoms with Gasteiger partial charge < -0.3 is 4.74 Å². The Morgan fingerprint density at radius 1 is 1.16 bits per heavy atom. The maximum atomic E-state index is 6.51.